The average molecular weight is 419 g/mol. The fraction of sp³-hybridized carbons (Fsp3) is 0.500. The normalized spacial score (nSPS) is 19.2. The van der Waals surface area contributed by atoms with Gasteiger partial charge in [-0.05, 0) is 68.4 Å². The molecule has 5 rings (SSSR count). The molecular weight excluding hydrogens is 384 g/mol. The van der Waals surface area contributed by atoms with E-state index in [0.717, 1.165) is 57.5 Å². The van der Waals surface area contributed by atoms with Gasteiger partial charge in [0.1, 0.15) is 0 Å². The highest BCUT2D eigenvalue weighted by Gasteiger charge is 2.29. The predicted octanol–water partition coefficient (Wildman–Crippen LogP) is 4.05. The lowest BCUT2D eigenvalue weighted by molar-refractivity contribution is -0.117. The molecule has 5 nitrogen and oxygen atoms in total. The van der Waals surface area contributed by atoms with Gasteiger partial charge in [0.05, 0.1) is 0 Å². The Kier molecular flexibility index (Phi) is 6.12. The molecule has 1 aliphatic carbocycles. The standard InChI is InChI=1S/C26H34N4O/c31-26(21-10-11-21)28-23-7-3-8-24(19-23)29-16-12-22(13-17-29)27-14-18-30-15-4-6-20-5-1-2-9-25(20)30/h1-3,5,7-9,19,21-22,27H,4,6,10-18H2,(H,28,31). The number of hydrogen-bond acceptors (Lipinski definition) is 4. The Morgan fingerprint density at radius 1 is 0.968 bits per heavy atom. The number of nitrogens with zero attached hydrogens (tertiary/aromatic N) is 2. The van der Waals surface area contributed by atoms with E-state index < -0.39 is 0 Å². The van der Waals surface area contributed by atoms with Crippen LogP contribution in [0.1, 0.15) is 37.7 Å². The molecule has 2 aromatic rings. The maximum absolute atomic E-state index is 12.1. The van der Waals surface area contributed by atoms with Crippen molar-refractivity contribution in [3.8, 4) is 0 Å². The summed E-state index contributed by atoms with van der Waals surface area (Å²) in [5, 5.41) is 6.88. The minimum absolute atomic E-state index is 0.177. The van der Waals surface area contributed by atoms with Crippen LogP contribution in [0.4, 0.5) is 17.1 Å². The van der Waals surface area contributed by atoms with Crippen LogP contribution in [0.15, 0.2) is 48.5 Å². The van der Waals surface area contributed by atoms with Crippen molar-refractivity contribution in [1.82, 2.24) is 5.32 Å². The SMILES string of the molecule is O=C(Nc1cccc(N2CCC(NCCN3CCCc4ccccc43)CC2)c1)C1CC1. The van der Waals surface area contributed by atoms with E-state index >= 15 is 0 Å². The van der Waals surface area contributed by atoms with Gasteiger partial charge in [-0.1, -0.05) is 24.3 Å². The second-order valence-electron chi connectivity index (χ2n) is 9.25. The van der Waals surface area contributed by atoms with Crippen molar-refractivity contribution in [2.75, 3.05) is 47.8 Å². The van der Waals surface area contributed by atoms with Crippen LogP contribution in [0.5, 0.6) is 0 Å². The molecule has 0 atom stereocenters. The zero-order chi connectivity index (χ0) is 21.0. The maximum Gasteiger partial charge on any atom is 0.227 e. The van der Waals surface area contributed by atoms with E-state index in [4.69, 9.17) is 0 Å². The van der Waals surface area contributed by atoms with Crippen molar-refractivity contribution in [3.63, 3.8) is 0 Å². The summed E-state index contributed by atoms with van der Waals surface area (Å²) in [4.78, 5) is 17.0. The van der Waals surface area contributed by atoms with Crippen molar-refractivity contribution >= 4 is 23.0 Å². The van der Waals surface area contributed by atoms with Gasteiger partial charge in [0.2, 0.25) is 5.91 Å². The van der Waals surface area contributed by atoms with Crippen LogP contribution in [-0.4, -0.2) is 44.7 Å². The van der Waals surface area contributed by atoms with Crippen LogP contribution in [-0.2, 0) is 11.2 Å². The van der Waals surface area contributed by atoms with Gasteiger partial charge < -0.3 is 20.4 Å². The Hall–Kier alpha value is -2.53. The molecule has 31 heavy (non-hydrogen) atoms. The lowest BCUT2D eigenvalue weighted by Gasteiger charge is -2.35. The second-order valence-corrected chi connectivity index (χ2v) is 9.25. The van der Waals surface area contributed by atoms with Crippen LogP contribution < -0.4 is 20.4 Å². The summed E-state index contributed by atoms with van der Waals surface area (Å²) in [6.45, 7) is 5.42. The fourth-order valence-corrected chi connectivity index (χ4v) is 4.96. The van der Waals surface area contributed by atoms with Gasteiger partial charge in [0, 0.05) is 61.7 Å². The van der Waals surface area contributed by atoms with Crippen molar-refractivity contribution in [3.05, 3.63) is 54.1 Å². The number of carbonyl (C=O) groups excluding carboxylic acids is 1. The number of nitrogens with one attached hydrogen (secondary N) is 2. The first-order valence-corrected chi connectivity index (χ1v) is 12.0. The van der Waals surface area contributed by atoms with Gasteiger partial charge in [-0.15, -0.1) is 0 Å². The van der Waals surface area contributed by atoms with E-state index in [1.54, 1.807) is 0 Å². The minimum Gasteiger partial charge on any atom is -0.371 e. The van der Waals surface area contributed by atoms with Crippen LogP contribution >= 0.6 is 0 Å². The first kappa shape index (κ1) is 20.4. The lowest BCUT2D eigenvalue weighted by atomic mass is 10.0. The quantitative estimate of drug-likeness (QED) is 0.712. The number of carbonyl (C=O) groups is 1. The zero-order valence-corrected chi connectivity index (χ0v) is 18.4. The molecular formula is C26H34N4O. The number of rotatable bonds is 7. The Balaban J connectivity index is 1.08. The first-order chi connectivity index (χ1) is 15.3. The number of amides is 1. The van der Waals surface area contributed by atoms with Gasteiger partial charge in [0.15, 0.2) is 0 Å². The number of para-hydroxylation sites is 1. The van der Waals surface area contributed by atoms with Crippen molar-refractivity contribution in [2.45, 2.75) is 44.6 Å². The highest BCUT2D eigenvalue weighted by molar-refractivity contribution is 5.94. The molecule has 1 amide bonds. The van der Waals surface area contributed by atoms with Crippen molar-refractivity contribution in [2.24, 2.45) is 5.92 Å². The number of benzene rings is 2. The number of aryl methyl sites for hydroxylation is 1. The third-order valence-corrected chi connectivity index (χ3v) is 6.94. The molecule has 0 bridgehead atoms. The van der Waals surface area contributed by atoms with Crippen LogP contribution in [0.25, 0.3) is 0 Å². The molecule has 2 aliphatic heterocycles. The Morgan fingerprint density at radius 2 is 1.81 bits per heavy atom. The predicted molar refractivity (Wildman–Crippen MR) is 128 cm³/mol. The number of fused-ring (bicyclic) bond motifs is 1. The minimum atomic E-state index is 0.177. The Labute approximate surface area is 185 Å². The molecule has 0 spiro atoms. The maximum atomic E-state index is 12.1. The molecule has 3 aliphatic rings. The molecule has 2 heterocycles. The number of piperidine rings is 1. The van der Waals surface area contributed by atoms with Gasteiger partial charge in [-0.25, -0.2) is 0 Å². The topological polar surface area (TPSA) is 47.6 Å². The van der Waals surface area contributed by atoms with E-state index in [2.05, 4.69) is 62.9 Å². The highest BCUT2D eigenvalue weighted by Crippen LogP contribution is 2.31. The summed E-state index contributed by atoms with van der Waals surface area (Å²) < 4.78 is 0. The zero-order valence-electron chi connectivity index (χ0n) is 18.4. The van der Waals surface area contributed by atoms with Gasteiger partial charge >= 0.3 is 0 Å². The molecule has 5 heteroatoms. The van der Waals surface area contributed by atoms with Gasteiger partial charge in [0.25, 0.3) is 0 Å². The average Bonchev–Trinajstić information content (AvgIpc) is 3.66. The summed E-state index contributed by atoms with van der Waals surface area (Å²) >= 11 is 0. The smallest absolute Gasteiger partial charge is 0.227 e. The summed E-state index contributed by atoms with van der Waals surface area (Å²) in [5.41, 5.74) is 5.07. The molecule has 2 fully saturated rings. The van der Waals surface area contributed by atoms with E-state index in [1.807, 2.05) is 6.07 Å². The molecule has 2 N–H and O–H groups in total. The van der Waals surface area contributed by atoms with E-state index in [9.17, 15) is 4.79 Å². The van der Waals surface area contributed by atoms with Crippen LogP contribution in [0.2, 0.25) is 0 Å². The molecule has 0 unspecified atom stereocenters. The molecule has 1 saturated heterocycles. The number of anilines is 3. The summed E-state index contributed by atoms with van der Waals surface area (Å²) in [7, 11) is 0. The Morgan fingerprint density at radius 3 is 2.65 bits per heavy atom. The highest BCUT2D eigenvalue weighted by atomic mass is 16.2. The van der Waals surface area contributed by atoms with E-state index in [1.165, 1.54) is 36.3 Å². The Bertz CT molecular complexity index is 902. The van der Waals surface area contributed by atoms with E-state index in [-0.39, 0.29) is 11.8 Å². The third-order valence-electron chi connectivity index (χ3n) is 6.94. The van der Waals surface area contributed by atoms with Crippen molar-refractivity contribution in [1.29, 1.82) is 0 Å². The molecule has 0 radical (unpaired) electrons. The first-order valence-electron chi connectivity index (χ1n) is 12.0. The second kappa shape index (κ2) is 9.31. The van der Waals surface area contributed by atoms with Crippen LogP contribution in [0.3, 0.4) is 0 Å². The van der Waals surface area contributed by atoms with E-state index in [0.29, 0.717) is 6.04 Å². The fourth-order valence-electron chi connectivity index (χ4n) is 4.96. The summed E-state index contributed by atoms with van der Waals surface area (Å²) in [6, 6.07) is 17.8. The van der Waals surface area contributed by atoms with Gasteiger partial charge in [-0.2, -0.15) is 0 Å². The molecule has 164 valence electrons. The molecule has 0 aromatic heterocycles. The summed E-state index contributed by atoms with van der Waals surface area (Å²) in [6.07, 6.45) is 6.87. The monoisotopic (exact) mass is 418 g/mol. The molecule has 1 saturated carbocycles. The van der Waals surface area contributed by atoms with Gasteiger partial charge in [-0.3, -0.25) is 4.79 Å². The van der Waals surface area contributed by atoms with Crippen molar-refractivity contribution < 1.29 is 4.79 Å². The molecule has 2 aromatic carbocycles. The lowest BCUT2D eigenvalue weighted by Crippen LogP contribution is -2.45. The summed E-state index contributed by atoms with van der Waals surface area (Å²) in [5.74, 6) is 0.417. The third kappa shape index (κ3) is 5.04. The number of hydrogen-bond donors (Lipinski definition) is 2. The van der Waals surface area contributed by atoms with Crippen LogP contribution in [0, 0.1) is 5.92 Å². The largest absolute Gasteiger partial charge is 0.371 e.